The van der Waals surface area contributed by atoms with Crippen molar-refractivity contribution in [1.29, 1.82) is 0 Å². The first-order chi connectivity index (χ1) is 14.0. The van der Waals surface area contributed by atoms with Crippen molar-refractivity contribution in [2.45, 2.75) is 45.2 Å². The first-order valence-electron chi connectivity index (χ1n) is 9.95. The van der Waals surface area contributed by atoms with Crippen LogP contribution >= 0.6 is 0 Å². The summed E-state index contributed by atoms with van der Waals surface area (Å²) in [7, 11) is 0. The minimum absolute atomic E-state index is 0.0862. The molecule has 3 aromatic rings. The van der Waals surface area contributed by atoms with Gasteiger partial charge in [0.25, 0.3) is 5.56 Å². The number of H-pyrrole nitrogens is 1. The number of carbonyl (C=O) groups is 1. The van der Waals surface area contributed by atoms with Gasteiger partial charge in [0, 0.05) is 22.8 Å². The molecule has 2 amide bonds. The van der Waals surface area contributed by atoms with Gasteiger partial charge in [-0.2, -0.15) is 0 Å². The Labute approximate surface area is 168 Å². The number of hydrogen-bond donors (Lipinski definition) is 2. The number of hydrogen-bond acceptors (Lipinski definition) is 2. The molecule has 0 saturated heterocycles. The van der Waals surface area contributed by atoms with Gasteiger partial charge < -0.3 is 15.2 Å². The maximum absolute atomic E-state index is 13.2. The molecule has 150 valence electrons. The molecule has 0 spiro atoms. The Balaban J connectivity index is 1.62. The van der Waals surface area contributed by atoms with E-state index in [4.69, 9.17) is 0 Å². The molecule has 0 atom stereocenters. The van der Waals surface area contributed by atoms with Crippen LogP contribution in [0.3, 0.4) is 0 Å². The summed E-state index contributed by atoms with van der Waals surface area (Å²) in [6.45, 7) is 2.24. The number of benzene rings is 2. The van der Waals surface area contributed by atoms with Crippen LogP contribution in [0.5, 0.6) is 0 Å². The van der Waals surface area contributed by atoms with Crippen LogP contribution < -0.4 is 10.9 Å². The van der Waals surface area contributed by atoms with Crippen molar-refractivity contribution in [3.8, 4) is 0 Å². The Kier molecular flexibility index (Phi) is 5.34. The van der Waals surface area contributed by atoms with E-state index in [1.54, 1.807) is 4.90 Å². The second kappa shape index (κ2) is 8.07. The maximum atomic E-state index is 13.2. The summed E-state index contributed by atoms with van der Waals surface area (Å²) in [6, 6.07) is 13.2. The Morgan fingerprint density at radius 1 is 1.14 bits per heavy atom. The van der Waals surface area contributed by atoms with Crippen LogP contribution in [0.2, 0.25) is 0 Å². The SMILES string of the molecule is Cc1ccc2[nH]c(=O)c(CN(C(=O)Nc3ccc(F)cc3)C3CCCC3)cc2c1. The van der Waals surface area contributed by atoms with E-state index in [1.165, 1.54) is 24.3 Å². The first kappa shape index (κ1) is 19.2. The van der Waals surface area contributed by atoms with Crippen molar-refractivity contribution in [2.75, 3.05) is 5.32 Å². The number of nitrogens with one attached hydrogen (secondary N) is 2. The standard InChI is InChI=1S/C23H24FN3O2/c1-15-6-11-21-16(12-15)13-17(22(28)26-21)14-27(20-4-2-3-5-20)23(29)25-19-9-7-18(24)8-10-19/h6-13,20H,2-5,14H2,1H3,(H,25,29)(H,26,28). The van der Waals surface area contributed by atoms with Crippen molar-refractivity contribution < 1.29 is 9.18 Å². The van der Waals surface area contributed by atoms with Gasteiger partial charge in [0.1, 0.15) is 5.82 Å². The van der Waals surface area contributed by atoms with Crippen LogP contribution in [0, 0.1) is 12.7 Å². The third kappa shape index (κ3) is 4.31. The summed E-state index contributed by atoms with van der Waals surface area (Å²) >= 11 is 0. The zero-order valence-corrected chi connectivity index (χ0v) is 16.4. The van der Waals surface area contributed by atoms with Crippen LogP contribution in [0.1, 0.15) is 36.8 Å². The van der Waals surface area contributed by atoms with Crippen LogP contribution in [-0.4, -0.2) is 22.0 Å². The number of rotatable bonds is 4. The van der Waals surface area contributed by atoms with Gasteiger partial charge in [0.2, 0.25) is 0 Å². The molecule has 2 aromatic carbocycles. The van der Waals surface area contributed by atoms with Gasteiger partial charge in [-0.3, -0.25) is 4.79 Å². The average molecular weight is 393 g/mol. The Bertz CT molecular complexity index is 1090. The number of urea groups is 1. The molecule has 1 aliphatic carbocycles. The molecule has 4 rings (SSSR count). The highest BCUT2D eigenvalue weighted by Crippen LogP contribution is 2.26. The number of anilines is 1. The van der Waals surface area contributed by atoms with E-state index in [2.05, 4.69) is 10.3 Å². The predicted molar refractivity (Wildman–Crippen MR) is 113 cm³/mol. The highest BCUT2D eigenvalue weighted by atomic mass is 19.1. The zero-order chi connectivity index (χ0) is 20.4. The second-order valence-corrected chi connectivity index (χ2v) is 7.72. The smallest absolute Gasteiger partial charge is 0.322 e. The zero-order valence-electron chi connectivity index (χ0n) is 16.4. The number of aromatic amines is 1. The first-order valence-corrected chi connectivity index (χ1v) is 9.95. The number of fused-ring (bicyclic) bond motifs is 1. The molecule has 1 saturated carbocycles. The van der Waals surface area contributed by atoms with Crippen molar-refractivity contribution in [1.82, 2.24) is 9.88 Å². The molecular formula is C23H24FN3O2. The number of aromatic nitrogens is 1. The quantitative estimate of drug-likeness (QED) is 0.658. The molecule has 1 aliphatic rings. The van der Waals surface area contributed by atoms with Crippen molar-refractivity contribution >= 4 is 22.6 Å². The van der Waals surface area contributed by atoms with Gasteiger partial charge in [0.15, 0.2) is 0 Å². The number of aryl methyl sites for hydroxylation is 1. The third-order valence-corrected chi connectivity index (χ3v) is 5.54. The minimum Gasteiger partial charge on any atom is -0.322 e. The van der Waals surface area contributed by atoms with Crippen molar-refractivity contribution in [3.63, 3.8) is 0 Å². The van der Waals surface area contributed by atoms with Gasteiger partial charge >= 0.3 is 6.03 Å². The molecule has 0 bridgehead atoms. The van der Waals surface area contributed by atoms with E-state index in [0.29, 0.717) is 11.3 Å². The van der Waals surface area contributed by atoms with Crippen molar-refractivity contribution in [3.05, 3.63) is 75.8 Å². The summed E-state index contributed by atoms with van der Waals surface area (Å²) in [5.41, 5.74) is 2.80. The predicted octanol–water partition coefficient (Wildman–Crippen LogP) is 4.95. The molecule has 1 aromatic heterocycles. The summed E-state index contributed by atoms with van der Waals surface area (Å²) in [6.07, 6.45) is 3.97. The second-order valence-electron chi connectivity index (χ2n) is 7.72. The molecular weight excluding hydrogens is 369 g/mol. The van der Waals surface area contributed by atoms with Crippen LogP contribution in [0.25, 0.3) is 10.9 Å². The lowest BCUT2D eigenvalue weighted by molar-refractivity contribution is 0.184. The molecule has 0 radical (unpaired) electrons. The van der Waals surface area contributed by atoms with Crippen LogP contribution in [0.4, 0.5) is 14.9 Å². The van der Waals surface area contributed by atoms with E-state index in [0.717, 1.165) is 42.1 Å². The van der Waals surface area contributed by atoms with Gasteiger partial charge in [-0.25, -0.2) is 9.18 Å². The van der Waals surface area contributed by atoms with E-state index < -0.39 is 0 Å². The Morgan fingerprint density at radius 3 is 2.59 bits per heavy atom. The van der Waals surface area contributed by atoms with Gasteiger partial charge in [-0.05, 0) is 67.6 Å². The maximum Gasteiger partial charge on any atom is 0.322 e. The highest BCUT2D eigenvalue weighted by molar-refractivity contribution is 5.89. The lowest BCUT2D eigenvalue weighted by Gasteiger charge is -2.29. The third-order valence-electron chi connectivity index (χ3n) is 5.54. The summed E-state index contributed by atoms with van der Waals surface area (Å²) in [5.74, 6) is -0.353. The number of carbonyl (C=O) groups excluding carboxylic acids is 1. The number of nitrogens with zero attached hydrogens (tertiary/aromatic N) is 1. The van der Waals surface area contributed by atoms with E-state index in [9.17, 15) is 14.0 Å². The fourth-order valence-electron chi connectivity index (χ4n) is 3.98. The van der Waals surface area contributed by atoms with Crippen LogP contribution in [0.15, 0.2) is 53.3 Å². The van der Waals surface area contributed by atoms with E-state index in [-0.39, 0.29) is 30.0 Å². The molecule has 6 heteroatoms. The summed E-state index contributed by atoms with van der Waals surface area (Å²) in [5, 5.41) is 3.79. The minimum atomic E-state index is -0.353. The molecule has 29 heavy (non-hydrogen) atoms. The fourth-order valence-corrected chi connectivity index (χ4v) is 3.98. The lowest BCUT2D eigenvalue weighted by atomic mass is 10.1. The molecule has 2 N–H and O–H groups in total. The normalized spacial score (nSPS) is 14.3. The molecule has 0 unspecified atom stereocenters. The number of amides is 2. The lowest BCUT2D eigenvalue weighted by Crippen LogP contribution is -2.42. The van der Waals surface area contributed by atoms with E-state index in [1.807, 2.05) is 31.2 Å². The number of halogens is 1. The van der Waals surface area contributed by atoms with E-state index >= 15 is 0 Å². The van der Waals surface area contributed by atoms with Gasteiger partial charge in [-0.1, -0.05) is 24.5 Å². The average Bonchev–Trinajstić information content (AvgIpc) is 3.22. The Morgan fingerprint density at radius 2 is 1.86 bits per heavy atom. The monoisotopic (exact) mass is 393 g/mol. The van der Waals surface area contributed by atoms with Gasteiger partial charge in [-0.15, -0.1) is 0 Å². The molecule has 0 aliphatic heterocycles. The van der Waals surface area contributed by atoms with Crippen LogP contribution in [-0.2, 0) is 6.54 Å². The molecule has 1 heterocycles. The van der Waals surface area contributed by atoms with Crippen molar-refractivity contribution in [2.24, 2.45) is 0 Å². The molecule has 5 nitrogen and oxygen atoms in total. The topological polar surface area (TPSA) is 65.2 Å². The largest absolute Gasteiger partial charge is 0.322 e. The number of pyridine rings is 1. The Hall–Kier alpha value is -3.15. The van der Waals surface area contributed by atoms with Gasteiger partial charge in [0.05, 0.1) is 6.54 Å². The summed E-state index contributed by atoms with van der Waals surface area (Å²) in [4.78, 5) is 30.3. The summed E-state index contributed by atoms with van der Waals surface area (Å²) < 4.78 is 13.2. The molecule has 1 fully saturated rings. The highest BCUT2D eigenvalue weighted by Gasteiger charge is 2.27. The fraction of sp³-hybridized carbons (Fsp3) is 0.304.